The summed E-state index contributed by atoms with van der Waals surface area (Å²) in [6.07, 6.45) is 2.19. The molecule has 0 N–H and O–H groups in total. The van der Waals surface area contributed by atoms with Crippen molar-refractivity contribution in [1.29, 1.82) is 0 Å². The van der Waals surface area contributed by atoms with Gasteiger partial charge in [-0.25, -0.2) is 0 Å². The van der Waals surface area contributed by atoms with Crippen LogP contribution in [-0.4, -0.2) is 113 Å². The van der Waals surface area contributed by atoms with E-state index < -0.39 is 0 Å². The average Bonchev–Trinajstić information content (AvgIpc) is 2.71. The number of methoxy groups -OCH3 is 1. The molecule has 1 aromatic rings. The lowest BCUT2D eigenvalue weighted by atomic mass is 10.1. The molecule has 3 rings (SSSR count). The molecule has 0 spiro atoms. The fraction of sp³-hybridized carbons (Fsp3) is 0.727. The van der Waals surface area contributed by atoms with Crippen LogP contribution in [0.15, 0.2) is 18.2 Å². The Balaban J connectivity index is 1.48. The normalized spacial score (nSPS) is 20.4. The molecular formula is C22H38N4O2. The lowest BCUT2D eigenvalue weighted by molar-refractivity contribution is 0.132. The van der Waals surface area contributed by atoms with Gasteiger partial charge < -0.3 is 24.2 Å². The maximum Gasteiger partial charge on any atom is 0.164 e. The highest BCUT2D eigenvalue weighted by Crippen LogP contribution is 2.32. The van der Waals surface area contributed by atoms with Crippen LogP contribution in [0, 0.1) is 0 Å². The third kappa shape index (κ3) is 6.34. The standard InChI is InChI=1S/C22H38N4O2/c1-23-10-14-25(15-11-23)9-5-7-20-6-4-8-21(27-3)22(20)28-19-18-26-16-12-24(2)13-17-26/h4,6,8H,5,7,9-19H2,1-3H3. The Morgan fingerprint density at radius 1 is 0.821 bits per heavy atom. The van der Waals surface area contributed by atoms with Crippen molar-refractivity contribution in [2.24, 2.45) is 0 Å². The zero-order valence-electron chi connectivity index (χ0n) is 18.0. The first-order chi connectivity index (χ1) is 13.7. The molecule has 1 aromatic carbocycles. The maximum atomic E-state index is 6.24. The molecule has 0 saturated carbocycles. The summed E-state index contributed by atoms with van der Waals surface area (Å²) in [5.74, 6) is 1.80. The molecule has 0 aromatic heterocycles. The van der Waals surface area contributed by atoms with Gasteiger partial charge in [0.15, 0.2) is 11.5 Å². The van der Waals surface area contributed by atoms with Crippen LogP contribution < -0.4 is 9.47 Å². The van der Waals surface area contributed by atoms with Crippen molar-refractivity contribution in [2.75, 3.05) is 93.3 Å². The zero-order chi connectivity index (χ0) is 19.8. The summed E-state index contributed by atoms with van der Waals surface area (Å²) in [6, 6.07) is 6.28. The van der Waals surface area contributed by atoms with Crippen LogP contribution in [0.4, 0.5) is 0 Å². The molecule has 0 bridgehead atoms. The Hall–Kier alpha value is -1.34. The van der Waals surface area contributed by atoms with Crippen LogP contribution in [-0.2, 0) is 6.42 Å². The number of benzene rings is 1. The number of para-hydroxylation sites is 1. The van der Waals surface area contributed by atoms with Gasteiger partial charge in [0, 0.05) is 58.9 Å². The van der Waals surface area contributed by atoms with Crippen LogP contribution in [0.3, 0.4) is 0 Å². The number of likely N-dealkylation sites (N-methyl/N-ethyl adjacent to an activating group) is 2. The number of ether oxygens (including phenoxy) is 2. The highest BCUT2D eigenvalue weighted by molar-refractivity contribution is 5.46. The van der Waals surface area contributed by atoms with Crippen LogP contribution in [0.5, 0.6) is 11.5 Å². The average molecular weight is 391 g/mol. The number of nitrogens with zero attached hydrogens (tertiary/aromatic N) is 4. The molecule has 0 aliphatic carbocycles. The van der Waals surface area contributed by atoms with Gasteiger partial charge in [-0.15, -0.1) is 0 Å². The smallest absolute Gasteiger partial charge is 0.164 e. The van der Waals surface area contributed by atoms with Crippen LogP contribution in [0.1, 0.15) is 12.0 Å². The fourth-order valence-electron chi connectivity index (χ4n) is 4.00. The van der Waals surface area contributed by atoms with Gasteiger partial charge in [-0.2, -0.15) is 0 Å². The fourth-order valence-corrected chi connectivity index (χ4v) is 4.00. The Morgan fingerprint density at radius 3 is 2.04 bits per heavy atom. The number of aryl methyl sites for hydroxylation is 1. The summed E-state index contributed by atoms with van der Waals surface area (Å²) in [7, 11) is 6.13. The third-order valence-electron chi connectivity index (χ3n) is 6.05. The Bertz CT molecular complexity index is 582. The van der Waals surface area contributed by atoms with Crippen molar-refractivity contribution in [3.63, 3.8) is 0 Å². The first kappa shape index (κ1) is 21.4. The number of hydrogen-bond acceptors (Lipinski definition) is 6. The van der Waals surface area contributed by atoms with Gasteiger partial charge in [0.2, 0.25) is 0 Å². The molecular weight excluding hydrogens is 352 g/mol. The van der Waals surface area contributed by atoms with Gasteiger partial charge in [0.05, 0.1) is 7.11 Å². The molecule has 2 fully saturated rings. The van der Waals surface area contributed by atoms with E-state index in [1.54, 1.807) is 7.11 Å². The summed E-state index contributed by atoms with van der Waals surface area (Å²) in [4.78, 5) is 9.86. The van der Waals surface area contributed by atoms with Crippen molar-refractivity contribution in [2.45, 2.75) is 12.8 Å². The minimum atomic E-state index is 0.718. The Kier molecular flexibility index (Phi) is 8.40. The molecule has 0 radical (unpaired) electrons. The van der Waals surface area contributed by atoms with Crippen LogP contribution >= 0.6 is 0 Å². The van der Waals surface area contributed by atoms with E-state index in [0.29, 0.717) is 0 Å². The van der Waals surface area contributed by atoms with Gasteiger partial charge in [-0.05, 0) is 45.1 Å². The predicted molar refractivity (Wildman–Crippen MR) is 115 cm³/mol. The van der Waals surface area contributed by atoms with Gasteiger partial charge in [0.25, 0.3) is 0 Å². The molecule has 28 heavy (non-hydrogen) atoms. The topological polar surface area (TPSA) is 31.4 Å². The first-order valence-electron chi connectivity index (χ1n) is 10.8. The molecule has 6 nitrogen and oxygen atoms in total. The highest BCUT2D eigenvalue weighted by Gasteiger charge is 2.16. The summed E-state index contributed by atoms with van der Waals surface area (Å²) >= 11 is 0. The van der Waals surface area contributed by atoms with E-state index in [1.807, 2.05) is 6.07 Å². The molecule has 158 valence electrons. The molecule has 2 heterocycles. The molecule has 0 amide bonds. The van der Waals surface area contributed by atoms with Crippen molar-refractivity contribution in [3.05, 3.63) is 23.8 Å². The molecule has 6 heteroatoms. The molecule has 0 unspecified atom stereocenters. The minimum Gasteiger partial charge on any atom is -0.493 e. The second-order valence-electron chi connectivity index (χ2n) is 8.19. The molecule has 2 saturated heterocycles. The quantitative estimate of drug-likeness (QED) is 0.635. The lowest BCUT2D eigenvalue weighted by Crippen LogP contribution is -2.45. The minimum absolute atomic E-state index is 0.718. The van der Waals surface area contributed by atoms with Gasteiger partial charge in [-0.3, -0.25) is 4.90 Å². The van der Waals surface area contributed by atoms with E-state index in [9.17, 15) is 0 Å². The van der Waals surface area contributed by atoms with Crippen molar-refractivity contribution >= 4 is 0 Å². The molecule has 2 aliphatic heterocycles. The Labute approximate surface area is 171 Å². The van der Waals surface area contributed by atoms with Crippen molar-refractivity contribution < 1.29 is 9.47 Å². The SMILES string of the molecule is COc1cccc(CCCN2CCN(C)CC2)c1OCCN1CCN(C)CC1. The zero-order valence-corrected chi connectivity index (χ0v) is 18.0. The second kappa shape index (κ2) is 11.0. The Morgan fingerprint density at radius 2 is 1.43 bits per heavy atom. The van der Waals surface area contributed by atoms with E-state index in [4.69, 9.17) is 9.47 Å². The highest BCUT2D eigenvalue weighted by atomic mass is 16.5. The third-order valence-corrected chi connectivity index (χ3v) is 6.05. The van der Waals surface area contributed by atoms with Crippen molar-refractivity contribution in [1.82, 2.24) is 19.6 Å². The second-order valence-corrected chi connectivity index (χ2v) is 8.19. The molecule has 2 aliphatic rings. The van der Waals surface area contributed by atoms with E-state index >= 15 is 0 Å². The van der Waals surface area contributed by atoms with Gasteiger partial charge in [0.1, 0.15) is 6.61 Å². The summed E-state index contributed by atoms with van der Waals surface area (Å²) in [5.41, 5.74) is 1.27. The lowest BCUT2D eigenvalue weighted by Gasteiger charge is -2.32. The van der Waals surface area contributed by atoms with E-state index in [2.05, 4.69) is 45.8 Å². The van der Waals surface area contributed by atoms with Crippen LogP contribution in [0.2, 0.25) is 0 Å². The summed E-state index contributed by atoms with van der Waals surface area (Å²) < 4.78 is 11.8. The number of hydrogen-bond donors (Lipinski definition) is 0. The first-order valence-corrected chi connectivity index (χ1v) is 10.8. The summed E-state index contributed by atoms with van der Waals surface area (Å²) in [6.45, 7) is 12.1. The van der Waals surface area contributed by atoms with Crippen LogP contribution in [0.25, 0.3) is 0 Å². The number of piperazine rings is 2. The predicted octanol–water partition coefficient (Wildman–Crippen LogP) is 1.50. The van der Waals surface area contributed by atoms with E-state index in [0.717, 1.165) is 70.2 Å². The monoisotopic (exact) mass is 390 g/mol. The van der Waals surface area contributed by atoms with Gasteiger partial charge in [-0.1, -0.05) is 12.1 Å². The molecule has 0 atom stereocenters. The van der Waals surface area contributed by atoms with Crippen molar-refractivity contribution in [3.8, 4) is 11.5 Å². The summed E-state index contributed by atoms with van der Waals surface area (Å²) in [5, 5.41) is 0. The van der Waals surface area contributed by atoms with E-state index in [1.165, 1.54) is 31.7 Å². The van der Waals surface area contributed by atoms with Gasteiger partial charge >= 0.3 is 0 Å². The largest absolute Gasteiger partial charge is 0.493 e. The number of rotatable bonds is 9. The maximum absolute atomic E-state index is 6.24. The van der Waals surface area contributed by atoms with E-state index in [-0.39, 0.29) is 0 Å².